The molecule has 2 aromatic carbocycles. The Morgan fingerprint density at radius 2 is 1.97 bits per heavy atom. The average molecular weight is 477 g/mol. The summed E-state index contributed by atoms with van der Waals surface area (Å²) in [6.07, 6.45) is 1.76. The van der Waals surface area contributed by atoms with E-state index in [0.717, 1.165) is 17.8 Å². The Kier molecular flexibility index (Phi) is 5.28. The second-order valence-corrected chi connectivity index (χ2v) is 8.04. The van der Waals surface area contributed by atoms with Crippen LogP contribution in [0.5, 0.6) is 0 Å². The Morgan fingerprint density at radius 3 is 2.66 bits per heavy atom. The molecule has 2 amide bonds. The molecule has 0 spiro atoms. The van der Waals surface area contributed by atoms with E-state index in [2.05, 4.69) is 20.6 Å². The summed E-state index contributed by atoms with van der Waals surface area (Å²) < 4.78 is 42.0. The Bertz CT molecular complexity index is 1480. The number of aryl methyl sites for hydroxylation is 1. The van der Waals surface area contributed by atoms with Crippen LogP contribution < -0.4 is 10.6 Å². The number of nitrogens with zero attached hydrogens (tertiary/aromatic N) is 2. The number of H-pyrrole nitrogens is 1. The maximum Gasteiger partial charge on any atom is 0.416 e. The van der Waals surface area contributed by atoms with Gasteiger partial charge in [0.05, 0.1) is 28.8 Å². The first-order valence-electron chi connectivity index (χ1n) is 10.5. The van der Waals surface area contributed by atoms with Gasteiger partial charge in [-0.05, 0) is 55.5 Å². The van der Waals surface area contributed by atoms with Crippen molar-refractivity contribution in [2.45, 2.75) is 13.1 Å². The third-order valence-corrected chi connectivity index (χ3v) is 5.50. The number of carbonyl (C=O) groups is 2. The monoisotopic (exact) mass is 477 g/mol. The van der Waals surface area contributed by atoms with Crippen molar-refractivity contribution in [1.29, 1.82) is 0 Å². The van der Waals surface area contributed by atoms with Gasteiger partial charge in [0.2, 0.25) is 0 Å². The number of anilines is 2. The van der Waals surface area contributed by atoms with Crippen LogP contribution in [0.1, 0.15) is 32.9 Å². The highest BCUT2D eigenvalue weighted by atomic mass is 19.4. The van der Waals surface area contributed by atoms with Crippen molar-refractivity contribution in [2.75, 3.05) is 10.6 Å². The van der Waals surface area contributed by atoms with Crippen molar-refractivity contribution >= 4 is 34.8 Å². The summed E-state index contributed by atoms with van der Waals surface area (Å²) >= 11 is 0. The molecule has 0 saturated carbocycles. The lowest BCUT2D eigenvalue weighted by molar-refractivity contribution is -0.137. The summed E-state index contributed by atoms with van der Waals surface area (Å²) in [6, 6.07) is 11.6. The highest BCUT2D eigenvalue weighted by molar-refractivity contribution is 6.35. The lowest BCUT2D eigenvalue weighted by Gasteiger charge is -2.13. The molecule has 7 nitrogen and oxygen atoms in total. The van der Waals surface area contributed by atoms with E-state index in [4.69, 9.17) is 0 Å². The molecule has 0 unspecified atom stereocenters. The molecule has 5 rings (SSSR count). The highest BCUT2D eigenvalue weighted by Crippen LogP contribution is 2.35. The number of fused-ring (bicyclic) bond motifs is 1. The lowest BCUT2D eigenvalue weighted by Crippen LogP contribution is -2.15. The van der Waals surface area contributed by atoms with Crippen molar-refractivity contribution < 1.29 is 22.8 Å². The minimum atomic E-state index is -4.64. The van der Waals surface area contributed by atoms with E-state index >= 15 is 0 Å². The van der Waals surface area contributed by atoms with Crippen LogP contribution in [0.15, 0.2) is 67.3 Å². The quantitative estimate of drug-likeness (QED) is 0.350. The van der Waals surface area contributed by atoms with Gasteiger partial charge < -0.3 is 20.2 Å². The molecule has 176 valence electrons. The number of hydrogen-bond acceptors (Lipinski definition) is 3. The lowest BCUT2D eigenvalue weighted by atomic mass is 10.0. The highest BCUT2D eigenvalue weighted by Gasteiger charge is 2.32. The number of benzene rings is 2. The molecule has 10 heteroatoms. The van der Waals surface area contributed by atoms with E-state index < -0.39 is 17.6 Å². The summed E-state index contributed by atoms with van der Waals surface area (Å²) in [5.74, 6) is -1.02. The first kappa shape index (κ1) is 22.2. The Morgan fingerprint density at radius 1 is 1.14 bits per heavy atom. The minimum absolute atomic E-state index is 0.158. The van der Waals surface area contributed by atoms with Crippen LogP contribution in [0.4, 0.5) is 24.5 Å². The summed E-state index contributed by atoms with van der Waals surface area (Å²) in [5, 5.41) is 5.36. The van der Waals surface area contributed by atoms with E-state index in [1.54, 1.807) is 43.6 Å². The number of alkyl halides is 3. The van der Waals surface area contributed by atoms with Crippen molar-refractivity contribution in [2.24, 2.45) is 0 Å². The number of amides is 2. The first-order valence-corrected chi connectivity index (χ1v) is 10.5. The van der Waals surface area contributed by atoms with Gasteiger partial charge in [-0.3, -0.25) is 9.59 Å². The van der Waals surface area contributed by atoms with Crippen molar-refractivity contribution in [1.82, 2.24) is 14.5 Å². The zero-order valence-corrected chi connectivity index (χ0v) is 18.3. The van der Waals surface area contributed by atoms with Gasteiger partial charge in [-0.15, -0.1) is 0 Å². The maximum atomic E-state index is 13.5. The number of hydrogen-bond donors (Lipinski definition) is 3. The normalized spacial score (nSPS) is 14.2. The number of halogens is 3. The third-order valence-electron chi connectivity index (χ3n) is 5.50. The standard InChI is InChI=1S/C25H18F3N5O2/c1-14-12-33(13-30-14)19-8-15(7-16(9-19)25(26,27)28)23(34)31-18-4-5-20-21(10-17-3-2-6-29-17)24(35)32-22(20)11-18/h2-13,29H,1H3,(H,31,34)(H,32,35)/b21-10-. The molecule has 2 aromatic heterocycles. The van der Waals surface area contributed by atoms with Gasteiger partial charge in [0.25, 0.3) is 11.8 Å². The molecule has 1 aliphatic rings. The van der Waals surface area contributed by atoms with Gasteiger partial charge in [0.15, 0.2) is 0 Å². The number of imidazole rings is 1. The Hall–Kier alpha value is -4.60. The van der Waals surface area contributed by atoms with Crippen LogP contribution in [0.3, 0.4) is 0 Å². The summed E-state index contributed by atoms with van der Waals surface area (Å²) in [4.78, 5) is 32.4. The van der Waals surface area contributed by atoms with Gasteiger partial charge in [0.1, 0.15) is 0 Å². The second kappa shape index (κ2) is 8.32. The number of carbonyl (C=O) groups excluding carboxylic acids is 2. The topological polar surface area (TPSA) is 91.8 Å². The van der Waals surface area contributed by atoms with Crippen LogP contribution in [0.2, 0.25) is 0 Å². The molecule has 0 atom stereocenters. The number of rotatable bonds is 4. The third kappa shape index (κ3) is 4.45. The summed E-state index contributed by atoms with van der Waals surface area (Å²) in [6.45, 7) is 1.71. The molecule has 0 fully saturated rings. The zero-order chi connectivity index (χ0) is 24.7. The average Bonchev–Trinajstić information content (AvgIpc) is 3.54. The second-order valence-electron chi connectivity index (χ2n) is 8.04. The maximum absolute atomic E-state index is 13.5. The first-order chi connectivity index (χ1) is 16.7. The fourth-order valence-electron chi connectivity index (χ4n) is 3.83. The van der Waals surface area contributed by atoms with Gasteiger partial charge in [-0.2, -0.15) is 13.2 Å². The van der Waals surface area contributed by atoms with Crippen LogP contribution in [-0.4, -0.2) is 26.3 Å². The van der Waals surface area contributed by atoms with Gasteiger partial charge >= 0.3 is 6.18 Å². The molecule has 3 N–H and O–H groups in total. The number of nitrogens with one attached hydrogen (secondary N) is 3. The molecule has 3 heterocycles. The van der Waals surface area contributed by atoms with Crippen LogP contribution in [-0.2, 0) is 11.0 Å². The smallest absolute Gasteiger partial charge is 0.362 e. The predicted octanol–water partition coefficient (Wildman–Crippen LogP) is 5.27. The molecule has 4 aromatic rings. The van der Waals surface area contributed by atoms with E-state index in [0.29, 0.717) is 28.2 Å². The fourth-order valence-corrected chi connectivity index (χ4v) is 3.83. The molecular formula is C25H18F3N5O2. The van der Waals surface area contributed by atoms with Crippen LogP contribution in [0, 0.1) is 6.92 Å². The molecular weight excluding hydrogens is 459 g/mol. The molecule has 0 aliphatic carbocycles. The van der Waals surface area contributed by atoms with E-state index in [1.165, 1.54) is 17.0 Å². The van der Waals surface area contributed by atoms with E-state index in [-0.39, 0.29) is 17.2 Å². The van der Waals surface area contributed by atoms with Gasteiger partial charge in [-0.1, -0.05) is 6.07 Å². The SMILES string of the molecule is Cc1cn(-c2cc(C(=O)Nc3ccc4c(c3)NC(=O)/C4=C\c3ccc[nH]3)cc(C(F)(F)F)c2)cn1. The zero-order valence-electron chi connectivity index (χ0n) is 18.3. The fraction of sp³-hybridized carbons (Fsp3) is 0.0800. The van der Waals surface area contributed by atoms with Crippen LogP contribution >= 0.6 is 0 Å². The molecule has 35 heavy (non-hydrogen) atoms. The van der Waals surface area contributed by atoms with Crippen molar-refractivity contribution in [3.05, 3.63) is 95.3 Å². The minimum Gasteiger partial charge on any atom is -0.362 e. The summed E-state index contributed by atoms with van der Waals surface area (Å²) in [5.41, 5.74) is 2.34. The Labute approximate surface area is 197 Å². The van der Waals surface area contributed by atoms with Gasteiger partial charge in [-0.25, -0.2) is 4.98 Å². The molecule has 0 bridgehead atoms. The van der Waals surface area contributed by atoms with E-state index in [9.17, 15) is 22.8 Å². The molecule has 1 aliphatic heterocycles. The summed E-state index contributed by atoms with van der Waals surface area (Å²) in [7, 11) is 0. The largest absolute Gasteiger partial charge is 0.416 e. The Balaban J connectivity index is 1.44. The molecule has 0 radical (unpaired) electrons. The van der Waals surface area contributed by atoms with Gasteiger partial charge in [0, 0.05) is 40.6 Å². The van der Waals surface area contributed by atoms with E-state index in [1.807, 2.05) is 12.1 Å². The number of aromatic amines is 1. The van der Waals surface area contributed by atoms with Crippen LogP contribution in [0.25, 0.3) is 17.3 Å². The van der Waals surface area contributed by atoms with Crippen molar-refractivity contribution in [3.8, 4) is 5.69 Å². The molecule has 0 saturated heterocycles. The number of aromatic nitrogens is 3. The van der Waals surface area contributed by atoms with Crippen molar-refractivity contribution in [3.63, 3.8) is 0 Å². The predicted molar refractivity (Wildman–Crippen MR) is 125 cm³/mol.